The number of halogens is 3. The normalized spacial score (nSPS) is 11.5. The molecule has 1 amide bonds. The Hall–Kier alpha value is -1.56. The van der Waals surface area contributed by atoms with Crippen LogP contribution in [-0.2, 0) is 0 Å². The van der Waals surface area contributed by atoms with Crippen molar-refractivity contribution in [1.29, 1.82) is 0 Å². The van der Waals surface area contributed by atoms with Crippen LogP contribution in [0.2, 0.25) is 0 Å². The second-order valence-corrected chi connectivity index (χ2v) is 4.72. The van der Waals surface area contributed by atoms with Gasteiger partial charge in [-0.3, -0.25) is 4.79 Å². The maximum atomic E-state index is 13.4. The fourth-order valence-corrected chi connectivity index (χ4v) is 1.59. The first-order valence-corrected chi connectivity index (χ1v) is 5.24. The van der Waals surface area contributed by atoms with Crippen LogP contribution < -0.4 is 0 Å². The smallest absolute Gasteiger partial charge is 0.259 e. The summed E-state index contributed by atoms with van der Waals surface area (Å²) < 4.78 is 39.4. The highest BCUT2D eigenvalue weighted by molar-refractivity contribution is 5.94. The maximum absolute atomic E-state index is 13.4. The summed E-state index contributed by atoms with van der Waals surface area (Å²) in [6, 6.07) is 0.877. The van der Waals surface area contributed by atoms with Gasteiger partial charge in [0, 0.05) is 25.7 Å². The Labute approximate surface area is 103 Å². The van der Waals surface area contributed by atoms with Gasteiger partial charge < -0.3 is 10.0 Å². The van der Waals surface area contributed by atoms with Gasteiger partial charge in [0.25, 0.3) is 5.91 Å². The van der Waals surface area contributed by atoms with Crippen molar-refractivity contribution in [2.45, 2.75) is 19.4 Å². The molecule has 0 heterocycles. The lowest BCUT2D eigenvalue weighted by Gasteiger charge is -2.25. The SMILES string of the molecule is CN(CC(C)(C)O)C(=O)c1c(F)cc(F)cc1F. The number of likely N-dealkylation sites (N-methyl/N-ethyl adjacent to an activating group) is 1. The number of benzene rings is 1. The number of nitrogens with zero attached hydrogens (tertiary/aromatic N) is 1. The summed E-state index contributed by atoms with van der Waals surface area (Å²) in [6.07, 6.45) is 0. The molecule has 3 nitrogen and oxygen atoms in total. The summed E-state index contributed by atoms with van der Waals surface area (Å²) in [5.41, 5.74) is -2.03. The molecule has 0 atom stereocenters. The lowest BCUT2D eigenvalue weighted by atomic mass is 10.1. The van der Waals surface area contributed by atoms with E-state index in [1.807, 2.05) is 0 Å². The van der Waals surface area contributed by atoms with E-state index in [-0.39, 0.29) is 6.54 Å². The summed E-state index contributed by atoms with van der Waals surface area (Å²) in [7, 11) is 1.29. The quantitative estimate of drug-likeness (QED) is 0.903. The Morgan fingerprint density at radius 1 is 1.28 bits per heavy atom. The summed E-state index contributed by atoms with van der Waals surface area (Å²) in [5.74, 6) is -4.57. The predicted octanol–water partition coefficient (Wildman–Crippen LogP) is 1.95. The molecule has 1 rings (SSSR count). The largest absolute Gasteiger partial charge is 0.389 e. The van der Waals surface area contributed by atoms with Gasteiger partial charge in [-0.1, -0.05) is 0 Å². The first-order chi connectivity index (χ1) is 8.11. The fraction of sp³-hybridized carbons (Fsp3) is 0.417. The molecule has 0 aliphatic heterocycles. The van der Waals surface area contributed by atoms with Crippen molar-refractivity contribution < 1.29 is 23.1 Å². The molecular weight excluding hydrogens is 247 g/mol. The van der Waals surface area contributed by atoms with E-state index in [2.05, 4.69) is 0 Å². The van der Waals surface area contributed by atoms with E-state index in [0.29, 0.717) is 12.1 Å². The van der Waals surface area contributed by atoms with Crippen LogP contribution in [0.5, 0.6) is 0 Å². The van der Waals surface area contributed by atoms with E-state index in [9.17, 15) is 23.1 Å². The predicted molar refractivity (Wildman–Crippen MR) is 59.6 cm³/mol. The van der Waals surface area contributed by atoms with Crippen LogP contribution in [0.1, 0.15) is 24.2 Å². The van der Waals surface area contributed by atoms with E-state index in [1.165, 1.54) is 20.9 Å². The molecule has 0 aliphatic carbocycles. The average molecular weight is 261 g/mol. The number of carbonyl (C=O) groups is 1. The Balaban J connectivity index is 3.05. The molecule has 0 aromatic heterocycles. The molecule has 0 bridgehead atoms. The molecule has 0 aliphatic rings. The first kappa shape index (κ1) is 14.5. The summed E-state index contributed by atoms with van der Waals surface area (Å²) in [5, 5.41) is 9.53. The lowest BCUT2D eigenvalue weighted by Crippen LogP contribution is -2.40. The highest BCUT2D eigenvalue weighted by Crippen LogP contribution is 2.17. The van der Waals surface area contributed by atoms with Gasteiger partial charge in [0.15, 0.2) is 0 Å². The van der Waals surface area contributed by atoms with Gasteiger partial charge in [-0.25, -0.2) is 13.2 Å². The molecule has 0 radical (unpaired) electrons. The van der Waals surface area contributed by atoms with Gasteiger partial charge in [0.05, 0.1) is 5.60 Å². The van der Waals surface area contributed by atoms with Crippen LogP contribution in [0, 0.1) is 17.5 Å². The molecule has 0 saturated heterocycles. The molecule has 6 heteroatoms. The van der Waals surface area contributed by atoms with Crippen molar-refractivity contribution in [2.24, 2.45) is 0 Å². The van der Waals surface area contributed by atoms with Gasteiger partial charge in [-0.2, -0.15) is 0 Å². The molecule has 0 spiro atoms. The zero-order chi connectivity index (χ0) is 14.1. The minimum Gasteiger partial charge on any atom is -0.389 e. The van der Waals surface area contributed by atoms with Crippen LogP contribution in [0.15, 0.2) is 12.1 Å². The second-order valence-electron chi connectivity index (χ2n) is 4.72. The van der Waals surface area contributed by atoms with Gasteiger partial charge in [0.1, 0.15) is 23.0 Å². The third-order valence-electron chi connectivity index (χ3n) is 2.19. The maximum Gasteiger partial charge on any atom is 0.259 e. The van der Waals surface area contributed by atoms with E-state index in [4.69, 9.17) is 0 Å². The summed E-state index contributed by atoms with van der Waals surface area (Å²) in [6.45, 7) is 2.80. The minimum absolute atomic E-state index is 0.109. The fourth-order valence-electron chi connectivity index (χ4n) is 1.59. The monoisotopic (exact) mass is 261 g/mol. The molecule has 18 heavy (non-hydrogen) atoms. The zero-order valence-corrected chi connectivity index (χ0v) is 10.3. The molecule has 100 valence electrons. The Morgan fingerprint density at radius 2 is 1.72 bits per heavy atom. The van der Waals surface area contributed by atoms with Crippen molar-refractivity contribution in [2.75, 3.05) is 13.6 Å². The van der Waals surface area contributed by atoms with E-state index >= 15 is 0 Å². The van der Waals surface area contributed by atoms with Crippen molar-refractivity contribution in [3.63, 3.8) is 0 Å². The number of carbonyl (C=O) groups excluding carboxylic acids is 1. The third kappa shape index (κ3) is 3.46. The van der Waals surface area contributed by atoms with E-state index < -0.39 is 34.5 Å². The van der Waals surface area contributed by atoms with Crippen molar-refractivity contribution >= 4 is 5.91 Å². The highest BCUT2D eigenvalue weighted by Gasteiger charge is 2.25. The molecule has 0 fully saturated rings. The third-order valence-corrected chi connectivity index (χ3v) is 2.19. The van der Waals surface area contributed by atoms with Crippen molar-refractivity contribution in [3.05, 3.63) is 35.1 Å². The van der Waals surface area contributed by atoms with Gasteiger partial charge in [-0.05, 0) is 13.8 Å². The standard InChI is InChI=1S/C12H14F3NO2/c1-12(2,18)6-16(3)11(17)10-8(14)4-7(13)5-9(10)15/h4-5,18H,6H2,1-3H3. The van der Waals surface area contributed by atoms with Crippen LogP contribution in [0.4, 0.5) is 13.2 Å². The molecule has 1 aromatic carbocycles. The second kappa shape index (κ2) is 4.97. The molecule has 0 saturated carbocycles. The molecule has 1 N–H and O–H groups in total. The number of rotatable bonds is 3. The first-order valence-electron chi connectivity index (χ1n) is 5.24. The Kier molecular flexibility index (Phi) is 4.01. The van der Waals surface area contributed by atoms with Crippen LogP contribution in [0.25, 0.3) is 0 Å². The van der Waals surface area contributed by atoms with Crippen molar-refractivity contribution in [3.8, 4) is 0 Å². The van der Waals surface area contributed by atoms with E-state index in [0.717, 1.165) is 4.90 Å². The number of amides is 1. The highest BCUT2D eigenvalue weighted by atomic mass is 19.1. The molecule has 1 aromatic rings. The topological polar surface area (TPSA) is 40.5 Å². The lowest BCUT2D eigenvalue weighted by molar-refractivity contribution is 0.0362. The Bertz CT molecular complexity index is 446. The number of aliphatic hydroxyl groups is 1. The summed E-state index contributed by atoms with van der Waals surface area (Å²) in [4.78, 5) is 12.8. The average Bonchev–Trinajstić information content (AvgIpc) is 2.12. The summed E-state index contributed by atoms with van der Waals surface area (Å²) >= 11 is 0. The van der Waals surface area contributed by atoms with Gasteiger partial charge in [0.2, 0.25) is 0 Å². The van der Waals surface area contributed by atoms with E-state index in [1.54, 1.807) is 0 Å². The van der Waals surface area contributed by atoms with Gasteiger partial charge in [-0.15, -0.1) is 0 Å². The molecular formula is C12H14F3NO2. The van der Waals surface area contributed by atoms with Crippen LogP contribution >= 0.6 is 0 Å². The zero-order valence-electron chi connectivity index (χ0n) is 10.3. The van der Waals surface area contributed by atoms with Crippen molar-refractivity contribution in [1.82, 2.24) is 4.90 Å². The van der Waals surface area contributed by atoms with Crippen LogP contribution in [0.3, 0.4) is 0 Å². The van der Waals surface area contributed by atoms with Crippen LogP contribution in [-0.4, -0.2) is 35.1 Å². The Morgan fingerprint density at radius 3 is 2.11 bits per heavy atom. The number of hydrogen-bond donors (Lipinski definition) is 1. The minimum atomic E-state index is -1.26. The number of hydrogen-bond acceptors (Lipinski definition) is 2. The molecule has 0 unspecified atom stereocenters. The van der Waals surface area contributed by atoms with Gasteiger partial charge >= 0.3 is 0 Å².